The van der Waals surface area contributed by atoms with E-state index in [1.54, 1.807) is 15.9 Å². The molecule has 0 saturated carbocycles. The minimum Gasteiger partial charge on any atom is -0.398 e. The largest absolute Gasteiger partial charge is 0.398 e. The molecule has 1 saturated heterocycles. The first-order valence-electron chi connectivity index (χ1n) is 6.15. The zero-order valence-corrected chi connectivity index (χ0v) is 12.3. The average molecular weight is 326 g/mol. The predicted octanol–water partition coefficient (Wildman–Crippen LogP) is 1.22. The van der Waals surface area contributed by atoms with Gasteiger partial charge in [-0.2, -0.15) is 0 Å². The number of hydrogen-bond donors (Lipinski definition) is 1. The van der Waals surface area contributed by atoms with E-state index in [9.17, 15) is 9.59 Å². The van der Waals surface area contributed by atoms with E-state index >= 15 is 0 Å². The van der Waals surface area contributed by atoms with Gasteiger partial charge in [0.15, 0.2) is 0 Å². The van der Waals surface area contributed by atoms with E-state index in [1.165, 1.54) is 0 Å². The molecule has 0 radical (unpaired) electrons. The number of halogens is 1. The maximum absolute atomic E-state index is 12.0. The number of hydrogen-bond acceptors (Lipinski definition) is 3. The molecule has 2 amide bonds. The van der Waals surface area contributed by atoms with Gasteiger partial charge in [-0.05, 0) is 24.6 Å². The number of nitrogens with two attached hydrogens (primary N) is 1. The number of anilines is 1. The summed E-state index contributed by atoms with van der Waals surface area (Å²) < 4.78 is 0.895. The Kier molecular flexibility index (Phi) is 4.09. The number of benzene rings is 1. The van der Waals surface area contributed by atoms with Crippen molar-refractivity contribution < 1.29 is 9.59 Å². The van der Waals surface area contributed by atoms with Crippen LogP contribution >= 0.6 is 15.9 Å². The maximum atomic E-state index is 12.0. The smallest absolute Gasteiger partial charge is 0.312 e. The summed E-state index contributed by atoms with van der Waals surface area (Å²) in [6.45, 7) is 3.94. The first-order chi connectivity index (χ1) is 9.02. The third kappa shape index (κ3) is 2.89. The third-order valence-electron chi connectivity index (χ3n) is 3.25. The quantitative estimate of drug-likeness (QED) is 0.671. The molecule has 0 bridgehead atoms. The van der Waals surface area contributed by atoms with Crippen LogP contribution in [-0.4, -0.2) is 41.2 Å². The van der Waals surface area contributed by atoms with Gasteiger partial charge in [-0.15, -0.1) is 0 Å². The predicted molar refractivity (Wildman–Crippen MR) is 76.2 cm³/mol. The number of piperazine rings is 1. The van der Waals surface area contributed by atoms with Gasteiger partial charge in [0.25, 0.3) is 0 Å². The second-order valence-electron chi connectivity index (χ2n) is 4.45. The highest BCUT2D eigenvalue weighted by atomic mass is 79.9. The first-order valence-corrected chi connectivity index (χ1v) is 6.94. The van der Waals surface area contributed by atoms with Crippen molar-refractivity contribution in [3.8, 4) is 0 Å². The van der Waals surface area contributed by atoms with Crippen molar-refractivity contribution in [2.24, 2.45) is 0 Å². The summed E-state index contributed by atoms with van der Waals surface area (Å²) >= 11 is 3.34. The van der Waals surface area contributed by atoms with Crippen LogP contribution in [0, 0.1) is 0 Å². The highest BCUT2D eigenvalue weighted by Gasteiger charge is 2.31. The summed E-state index contributed by atoms with van der Waals surface area (Å²) in [6.07, 6.45) is 0. The molecule has 6 heteroatoms. The van der Waals surface area contributed by atoms with E-state index in [0.717, 1.165) is 10.0 Å². The van der Waals surface area contributed by atoms with Crippen LogP contribution in [0.1, 0.15) is 12.5 Å². The summed E-state index contributed by atoms with van der Waals surface area (Å²) in [6, 6.07) is 5.54. The van der Waals surface area contributed by atoms with Crippen molar-refractivity contribution in [1.82, 2.24) is 9.80 Å². The Morgan fingerprint density at radius 3 is 2.47 bits per heavy atom. The molecule has 0 aliphatic carbocycles. The van der Waals surface area contributed by atoms with Gasteiger partial charge in [-0.25, -0.2) is 0 Å². The lowest BCUT2D eigenvalue weighted by molar-refractivity contribution is -0.156. The van der Waals surface area contributed by atoms with Crippen molar-refractivity contribution in [3.63, 3.8) is 0 Å². The van der Waals surface area contributed by atoms with E-state index in [-0.39, 0.29) is 0 Å². The lowest BCUT2D eigenvalue weighted by Gasteiger charge is -2.33. The fraction of sp³-hybridized carbons (Fsp3) is 0.385. The maximum Gasteiger partial charge on any atom is 0.312 e. The Labute approximate surface area is 120 Å². The number of nitrogen functional groups attached to an aromatic ring is 1. The molecular weight excluding hydrogens is 310 g/mol. The molecule has 0 aromatic heterocycles. The average Bonchev–Trinajstić information content (AvgIpc) is 2.38. The summed E-state index contributed by atoms with van der Waals surface area (Å²) in [4.78, 5) is 26.9. The van der Waals surface area contributed by atoms with Gasteiger partial charge in [-0.1, -0.05) is 22.0 Å². The van der Waals surface area contributed by atoms with Crippen LogP contribution < -0.4 is 5.73 Å². The molecule has 1 fully saturated rings. The minimum absolute atomic E-state index is 0.376. The van der Waals surface area contributed by atoms with E-state index in [2.05, 4.69) is 15.9 Å². The topological polar surface area (TPSA) is 66.6 Å². The number of likely N-dealkylation sites (N-methyl/N-ethyl adjacent to an activating group) is 1. The van der Waals surface area contributed by atoms with Crippen LogP contribution in [0.3, 0.4) is 0 Å². The Hall–Kier alpha value is -1.56. The van der Waals surface area contributed by atoms with Crippen molar-refractivity contribution in [2.45, 2.75) is 13.5 Å². The van der Waals surface area contributed by atoms with Gasteiger partial charge in [0.1, 0.15) is 0 Å². The molecule has 0 unspecified atom stereocenters. The number of rotatable bonds is 3. The third-order valence-corrected chi connectivity index (χ3v) is 3.74. The monoisotopic (exact) mass is 325 g/mol. The first kappa shape index (κ1) is 13.9. The van der Waals surface area contributed by atoms with Gasteiger partial charge < -0.3 is 15.5 Å². The Morgan fingerprint density at radius 2 is 1.84 bits per heavy atom. The molecule has 1 aliphatic rings. The van der Waals surface area contributed by atoms with Crippen LogP contribution in [0.5, 0.6) is 0 Å². The number of nitrogens with zero attached hydrogens (tertiary/aromatic N) is 2. The zero-order valence-electron chi connectivity index (χ0n) is 10.7. The summed E-state index contributed by atoms with van der Waals surface area (Å²) in [5, 5.41) is 0. The highest BCUT2D eigenvalue weighted by Crippen LogP contribution is 2.21. The molecule has 5 nitrogen and oxygen atoms in total. The summed E-state index contributed by atoms with van der Waals surface area (Å²) in [5.41, 5.74) is 7.38. The molecule has 2 N–H and O–H groups in total. The van der Waals surface area contributed by atoms with Crippen LogP contribution in [0.4, 0.5) is 5.69 Å². The Balaban J connectivity index is 2.12. The second kappa shape index (κ2) is 5.61. The van der Waals surface area contributed by atoms with E-state index < -0.39 is 11.8 Å². The molecule has 19 heavy (non-hydrogen) atoms. The molecule has 0 spiro atoms. The molecule has 1 aliphatic heterocycles. The molecule has 1 heterocycles. The lowest BCUT2D eigenvalue weighted by atomic mass is 10.1. The highest BCUT2D eigenvalue weighted by molar-refractivity contribution is 9.10. The fourth-order valence-electron chi connectivity index (χ4n) is 2.08. The van der Waals surface area contributed by atoms with Crippen LogP contribution in [0.2, 0.25) is 0 Å². The molecule has 1 aromatic carbocycles. The Bertz CT molecular complexity index is 519. The van der Waals surface area contributed by atoms with E-state index in [1.807, 2.05) is 19.1 Å². The molecular formula is C13H16BrN3O2. The minimum atomic E-state index is -0.449. The number of carbonyl (C=O) groups is 2. The van der Waals surface area contributed by atoms with Crippen molar-refractivity contribution >= 4 is 33.4 Å². The molecule has 1 aromatic rings. The zero-order chi connectivity index (χ0) is 14.0. The summed E-state index contributed by atoms with van der Waals surface area (Å²) in [7, 11) is 0. The standard InChI is InChI=1S/C13H16BrN3O2/c1-2-16-5-6-17(13(19)12(16)18)8-9-3-4-10(14)7-11(9)15/h3-4,7H,2,5-6,8,15H2,1H3. The van der Waals surface area contributed by atoms with Gasteiger partial charge in [0.05, 0.1) is 0 Å². The normalized spacial score (nSPS) is 16.1. The van der Waals surface area contributed by atoms with Crippen molar-refractivity contribution in [3.05, 3.63) is 28.2 Å². The van der Waals surface area contributed by atoms with Gasteiger partial charge in [0.2, 0.25) is 0 Å². The lowest BCUT2D eigenvalue weighted by Crippen LogP contribution is -2.53. The SMILES string of the molecule is CCN1CCN(Cc2ccc(Br)cc2N)C(=O)C1=O. The van der Waals surface area contributed by atoms with Crippen LogP contribution in [0.15, 0.2) is 22.7 Å². The summed E-state index contributed by atoms with van der Waals surface area (Å²) in [5.74, 6) is -0.875. The number of carbonyl (C=O) groups excluding carboxylic acids is 2. The molecule has 2 rings (SSSR count). The van der Waals surface area contributed by atoms with Crippen molar-refractivity contribution in [2.75, 3.05) is 25.4 Å². The molecule has 102 valence electrons. The molecule has 0 atom stereocenters. The van der Waals surface area contributed by atoms with Gasteiger partial charge >= 0.3 is 11.8 Å². The van der Waals surface area contributed by atoms with Crippen LogP contribution in [0.25, 0.3) is 0 Å². The fourth-order valence-corrected chi connectivity index (χ4v) is 2.46. The second-order valence-corrected chi connectivity index (χ2v) is 5.37. The van der Waals surface area contributed by atoms with Gasteiger partial charge in [0, 0.05) is 36.3 Å². The Morgan fingerprint density at radius 1 is 1.21 bits per heavy atom. The number of amides is 2. The van der Waals surface area contributed by atoms with Crippen LogP contribution in [-0.2, 0) is 16.1 Å². The van der Waals surface area contributed by atoms with Crippen molar-refractivity contribution in [1.29, 1.82) is 0 Å². The van der Waals surface area contributed by atoms with E-state index in [4.69, 9.17) is 5.73 Å². The van der Waals surface area contributed by atoms with E-state index in [0.29, 0.717) is 31.9 Å². The van der Waals surface area contributed by atoms with Gasteiger partial charge in [-0.3, -0.25) is 9.59 Å².